The van der Waals surface area contributed by atoms with Gasteiger partial charge in [0.15, 0.2) is 0 Å². The van der Waals surface area contributed by atoms with Crippen LogP contribution in [0.3, 0.4) is 0 Å². The lowest BCUT2D eigenvalue weighted by Crippen LogP contribution is -1.89. The smallest absolute Gasteiger partial charge is 0.0690 e. The number of aliphatic hydroxyl groups excluding tert-OH is 1. The molecule has 2 heteroatoms. The van der Waals surface area contributed by atoms with Crippen LogP contribution in [0.2, 0.25) is 0 Å². The molecular weight excluding hydrogens is 168 g/mol. The largest absolute Gasteiger partial charge is 0.392 e. The third kappa shape index (κ3) is 2.57. The number of rotatable bonds is 3. The van der Waals surface area contributed by atoms with Gasteiger partial charge in [0.25, 0.3) is 0 Å². The fourth-order valence-electron chi connectivity index (χ4n) is 0.880. The number of aliphatic hydroxyl groups is 1. The maximum absolute atomic E-state index is 8.82. The summed E-state index contributed by atoms with van der Waals surface area (Å²) in [6.45, 7) is -0.00159. The average molecular weight is 178 g/mol. The van der Waals surface area contributed by atoms with Gasteiger partial charge in [-0.25, -0.2) is 0 Å². The van der Waals surface area contributed by atoms with Gasteiger partial charge in [0.2, 0.25) is 0 Å². The van der Waals surface area contributed by atoms with Crippen LogP contribution in [0.15, 0.2) is 35.9 Å². The Morgan fingerprint density at radius 3 is 2.50 bits per heavy atom. The molecule has 0 atom stereocenters. The molecule has 0 saturated carbocycles. The van der Waals surface area contributed by atoms with Gasteiger partial charge in [-0.15, -0.1) is 0 Å². The average Bonchev–Trinajstić information content (AvgIpc) is 2.16. The molecule has 0 spiro atoms. The molecule has 0 aliphatic carbocycles. The van der Waals surface area contributed by atoms with E-state index < -0.39 is 0 Å². The zero-order valence-corrected chi connectivity index (χ0v) is 7.42. The van der Waals surface area contributed by atoms with Crippen LogP contribution in [0.25, 0.3) is 6.08 Å². The van der Waals surface area contributed by atoms with Crippen molar-refractivity contribution in [3.63, 3.8) is 0 Å². The molecule has 1 nitrogen and oxygen atoms in total. The molecule has 1 N–H and O–H groups in total. The molecule has 1 rings (SSSR count). The first-order chi connectivity index (χ1) is 5.86. The second-order valence-corrected chi connectivity index (χ2v) is 2.64. The van der Waals surface area contributed by atoms with E-state index in [0.717, 1.165) is 11.1 Å². The molecule has 0 radical (unpaired) electrons. The third-order valence-electron chi connectivity index (χ3n) is 1.49. The molecule has 0 unspecified atom stereocenters. The van der Waals surface area contributed by atoms with Crippen LogP contribution in [0.4, 0.5) is 0 Å². The quantitative estimate of drug-likeness (QED) is 0.564. The fraction of sp³-hybridized carbons (Fsp3) is 0.100. The summed E-state index contributed by atoms with van der Waals surface area (Å²) in [4.78, 5) is 0. The van der Waals surface area contributed by atoms with Gasteiger partial charge in [-0.1, -0.05) is 42.5 Å². The minimum Gasteiger partial charge on any atom is -0.392 e. The molecule has 0 aromatic heterocycles. The number of hydrogen-bond donors (Lipinski definition) is 1. The SMILES string of the molecule is OCC(C=S)=Cc1ccccc1. The van der Waals surface area contributed by atoms with Gasteiger partial charge in [-0.2, -0.15) is 0 Å². The Hall–Kier alpha value is -0.990. The summed E-state index contributed by atoms with van der Waals surface area (Å²) < 4.78 is 0. The second-order valence-electron chi connectivity index (χ2n) is 2.41. The van der Waals surface area contributed by atoms with Gasteiger partial charge in [-0.05, 0) is 17.2 Å². The van der Waals surface area contributed by atoms with Crippen molar-refractivity contribution in [3.05, 3.63) is 41.5 Å². The topological polar surface area (TPSA) is 20.2 Å². The Morgan fingerprint density at radius 1 is 1.33 bits per heavy atom. The summed E-state index contributed by atoms with van der Waals surface area (Å²) in [7, 11) is 0. The van der Waals surface area contributed by atoms with Crippen molar-refractivity contribution in [3.8, 4) is 0 Å². The number of hydrogen-bond acceptors (Lipinski definition) is 2. The van der Waals surface area contributed by atoms with Crippen molar-refractivity contribution in [2.45, 2.75) is 0 Å². The normalized spacial score (nSPS) is 11.2. The molecule has 12 heavy (non-hydrogen) atoms. The Labute approximate surface area is 77.4 Å². The van der Waals surface area contributed by atoms with Crippen LogP contribution in [0.5, 0.6) is 0 Å². The summed E-state index contributed by atoms with van der Waals surface area (Å²) in [6.07, 6.45) is 1.87. The van der Waals surface area contributed by atoms with Crippen molar-refractivity contribution < 1.29 is 5.11 Å². The van der Waals surface area contributed by atoms with Crippen molar-refractivity contribution in [1.29, 1.82) is 0 Å². The van der Waals surface area contributed by atoms with Crippen molar-refractivity contribution >= 4 is 23.7 Å². The van der Waals surface area contributed by atoms with Gasteiger partial charge >= 0.3 is 0 Å². The Bertz CT molecular complexity index is 277. The van der Waals surface area contributed by atoms with E-state index in [1.165, 1.54) is 5.37 Å². The maximum Gasteiger partial charge on any atom is 0.0690 e. The van der Waals surface area contributed by atoms with Gasteiger partial charge in [0.1, 0.15) is 0 Å². The van der Waals surface area contributed by atoms with Crippen LogP contribution < -0.4 is 0 Å². The van der Waals surface area contributed by atoms with Crippen LogP contribution in [0, 0.1) is 0 Å². The molecular formula is C10H10OS. The Balaban J connectivity index is 2.86. The van der Waals surface area contributed by atoms with Crippen molar-refractivity contribution in [1.82, 2.24) is 0 Å². The molecule has 0 aliphatic rings. The summed E-state index contributed by atoms with van der Waals surface area (Å²) in [6, 6.07) is 9.78. The molecule has 0 amide bonds. The standard InChI is InChI=1S/C10H10OS/c11-7-10(8-12)6-9-4-2-1-3-5-9/h1-6,8,11H,7H2. The summed E-state index contributed by atoms with van der Waals surface area (Å²) >= 11 is 4.72. The first kappa shape index (κ1) is 9.10. The summed E-state index contributed by atoms with van der Waals surface area (Å²) in [5.41, 5.74) is 1.82. The summed E-state index contributed by atoms with van der Waals surface area (Å²) in [5.74, 6) is 0. The van der Waals surface area contributed by atoms with E-state index in [9.17, 15) is 0 Å². The van der Waals surface area contributed by atoms with Gasteiger partial charge in [0.05, 0.1) is 6.61 Å². The van der Waals surface area contributed by atoms with Gasteiger partial charge < -0.3 is 5.11 Å². The minimum atomic E-state index is -0.00159. The highest BCUT2D eigenvalue weighted by atomic mass is 32.1. The van der Waals surface area contributed by atoms with Crippen LogP contribution in [-0.2, 0) is 0 Å². The first-order valence-electron chi connectivity index (χ1n) is 3.68. The highest BCUT2D eigenvalue weighted by Gasteiger charge is 1.89. The number of thiocarbonyl (C=S) groups is 1. The molecule has 1 aromatic carbocycles. The fourth-order valence-corrected chi connectivity index (χ4v) is 1.02. The predicted octanol–water partition coefficient (Wildman–Crippen LogP) is 2.06. The van der Waals surface area contributed by atoms with Crippen LogP contribution >= 0.6 is 12.2 Å². The molecule has 0 bridgehead atoms. The van der Waals surface area contributed by atoms with Crippen LogP contribution in [0.1, 0.15) is 5.56 Å². The van der Waals surface area contributed by atoms with Gasteiger partial charge in [-0.3, -0.25) is 0 Å². The van der Waals surface area contributed by atoms with Gasteiger partial charge in [0, 0.05) is 5.37 Å². The molecule has 0 fully saturated rings. The highest BCUT2D eigenvalue weighted by molar-refractivity contribution is 7.79. The third-order valence-corrected chi connectivity index (χ3v) is 1.79. The van der Waals surface area contributed by atoms with E-state index in [1.54, 1.807) is 0 Å². The van der Waals surface area contributed by atoms with E-state index >= 15 is 0 Å². The lowest BCUT2D eigenvalue weighted by Gasteiger charge is -1.95. The Morgan fingerprint density at radius 2 is 2.00 bits per heavy atom. The molecule has 0 saturated heterocycles. The molecule has 62 valence electrons. The van der Waals surface area contributed by atoms with E-state index in [-0.39, 0.29) is 6.61 Å². The second kappa shape index (κ2) is 4.80. The number of benzene rings is 1. The monoisotopic (exact) mass is 178 g/mol. The zero-order chi connectivity index (χ0) is 8.81. The van der Waals surface area contributed by atoms with Crippen molar-refractivity contribution in [2.24, 2.45) is 0 Å². The van der Waals surface area contributed by atoms with Crippen LogP contribution in [-0.4, -0.2) is 17.1 Å². The first-order valence-corrected chi connectivity index (χ1v) is 4.15. The maximum atomic E-state index is 8.82. The van der Waals surface area contributed by atoms with E-state index in [4.69, 9.17) is 17.3 Å². The molecule has 0 aliphatic heterocycles. The lowest BCUT2D eigenvalue weighted by atomic mass is 10.1. The molecule has 1 aromatic rings. The van der Waals surface area contributed by atoms with E-state index in [2.05, 4.69) is 0 Å². The molecule has 0 heterocycles. The van der Waals surface area contributed by atoms with Crippen molar-refractivity contribution in [2.75, 3.05) is 6.61 Å². The lowest BCUT2D eigenvalue weighted by molar-refractivity contribution is 0.339. The van der Waals surface area contributed by atoms with E-state index in [0.29, 0.717) is 0 Å². The summed E-state index contributed by atoms with van der Waals surface area (Å²) in [5, 5.41) is 10.3. The highest BCUT2D eigenvalue weighted by Crippen LogP contribution is 2.04. The predicted molar refractivity (Wildman–Crippen MR) is 55.2 cm³/mol. The minimum absolute atomic E-state index is 0.00159. The zero-order valence-electron chi connectivity index (χ0n) is 6.60. The Kier molecular flexibility index (Phi) is 3.64. The van der Waals surface area contributed by atoms with E-state index in [1.807, 2.05) is 36.4 Å².